The standard InChI is InChI=1S/C17H15NO8S/c1-23-10-8-13(24-2)15(14(9-10)25-3)27(21,22)26-18-16(19)11-6-4-5-7-12(11)17(18)20/h4-9H,1-3H3. The van der Waals surface area contributed by atoms with E-state index in [0.29, 0.717) is 0 Å². The number of carbonyl (C=O) groups is 2. The number of hydroxylamine groups is 2. The fourth-order valence-electron chi connectivity index (χ4n) is 2.59. The van der Waals surface area contributed by atoms with E-state index >= 15 is 0 Å². The maximum Gasteiger partial charge on any atom is 0.325 e. The maximum atomic E-state index is 12.8. The van der Waals surface area contributed by atoms with Crippen molar-refractivity contribution in [1.82, 2.24) is 5.06 Å². The highest BCUT2D eigenvalue weighted by Gasteiger charge is 2.41. The molecule has 142 valence electrons. The van der Waals surface area contributed by atoms with Gasteiger partial charge in [0.1, 0.15) is 17.2 Å². The summed E-state index contributed by atoms with van der Waals surface area (Å²) in [6, 6.07) is 8.53. The largest absolute Gasteiger partial charge is 0.496 e. The number of hydrogen-bond acceptors (Lipinski definition) is 8. The molecule has 2 amide bonds. The van der Waals surface area contributed by atoms with Gasteiger partial charge in [-0.25, -0.2) is 0 Å². The van der Waals surface area contributed by atoms with Crippen LogP contribution < -0.4 is 14.2 Å². The minimum atomic E-state index is -4.66. The molecule has 3 rings (SSSR count). The molecular weight excluding hydrogens is 378 g/mol. The molecule has 0 unspecified atom stereocenters. The van der Waals surface area contributed by atoms with Gasteiger partial charge in [-0.1, -0.05) is 12.1 Å². The summed E-state index contributed by atoms with van der Waals surface area (Å²) in [7, 11) is -0.782. The van der Waals surface area contributed by atoms with Crippen LogP contribution in [0.25, 0.3) is 0 Å². The van der Waals surface area contributed by atoms with E-state index in [4.69, 9.17) is 18.5 Å². The highest BCUT2D eigenvalue weighted by Crippen LogP contribution is 2.39. The second-order valence-electron chi connectivity index (χ2n) is 5.34. The van der Waals surface area contributed by atoms with Crippen molar-refractivity contribution in [2.45, 2.75) is 4.90 Å². The lowest BCUT2D eigenvalue weighted by Gasteiger charge is -2.17. The Balaban J connectivity index is 2.04. The molecule has 9 nitrogen and oxygen atoms in total. The van der Waals surface area contributed by atoms with Gasteiger partial charge in [0, 0.05) is 12.1 Å². The summed E-state index contributed by atoms with van der Waals surface area (Å²) in [6.45, 7) is 0. The van der Waals surface area contributed by atoms with Crippen LogP contribution in [0.5, 0.6) is 17.2 Å². The van der Waals surface area contributed by atoms with Crippen LogP contribution in [0, 0.1) is 0 Å². The van der Waals surface area contributed by atoms with E-state index in [0.717, 1.165) is 0 Å². The highest BCUT2D eigenvalue weighted by molar-refractivity contribution is 7.87. The topological polar surface area (TPSA) is 108 Å². The van der Waals surface area contributed by atoms with Gasteiger partial charge in [-0.05, 0) is 12.1 Å². The van der Waals surface area contributed by atoms with E-state index in [1.165, 1.54) is 45.6 Å². The molecule has 27 heavy (non-hydrogen) atoms. The van der Waals surface area contributed by atoms with Crippen LogP contribution in [0.3, 0.4) is 0 Å². The number of fused-ring (bicyclic) bond motifs is 1. The number of hydrogen-bond donors (Lipinski definition) is 0. The van der Waals surface area contributed by atoms with Crippen molar-refractivity contribution >= 4 is 21.9 Å². The van der Waals surface area contributed by atoms with Crippen molar-refractivity contribution in [3.8, 4) is 17.2 Å². The van der Waals surface area contributed by atoms with Gasteiger partial charge in [0.15, 0.2) is 4.90 Å². The second-order valence-corrected chi connectivity index (χ2v) is 6.81. The Kier molecular flexibility index (Phi) is 4.77. The fourth-order valence-corrected chi connectivity index (χ4v) is 3.77. The van der Waals surface area contributed by atoms with E-state index in [9.17, 15) is 18.0 Å². The van der Waals surface area contributed by atoms with Gasteiger partial charge in [-0.2, -0.15) is 8.42 Å². The Morgan fingerprint density at radius 3 is 1.70 bits per heavy atom. The Bertz CT molecular complexity index is 971. The van der Waals surface area contributed by atoms with Crippen molar-refractivity contribution in [1.29, 1.82) is 0 Å². The molecule has 10 heteroatoms. The lowest BCUT2D eigenvalue weighted by Crippen LogP contribution is -2.33. The number of imide groups is 1. The van der Waals surface area contributed by atoms with Gasteiger partial charge >= 0.3 is 10.1 Å². The predicted octanol–water partition coefficient (Wildman–Crippen LogP) is 1.63. The van der Waals surface area contributed by atoms with E-state index < -0.39 is 26.8 Å². The number of carbonyl (C=O) groups excluding carboxylic acids is 2. The van der Waals surface area contributed by atoms with Crippen molar-refractivity contribution in [3.63, 3.8) is 0 Å². The quantitative estimate of drug-likeness (QED) is 0.682. The zero-order valence-corrected chi connectivity index (χ0v) is 15.4. The minimum absolute atomic E-state index is 0.0476. The summed E-state index contributed by atoms with van der Waals surface area (Å²) in [5.41, 5.74) is 0.0951. The van der Waals surface area contributed by atoms with E-state index in [2.05, 4.69) is 0 Å². The normalized spacial score (nSPS) is 13.5. The zero-order valence-electron chi connectivity index (χ0n) is 14.6. The molecule has 1 heterocycles. The maximum absolute atomic E-state index is 12.8. The molecule has 0 atom stereocenters. The van der Waals surface area contributed by atoms with Gasteiger partial charge in [0.05, 0.1) is 32.5 Å². The molecule has 2 aromatic carbocycles. The van der Waals surface area contributed by atoms with Crippen LogP contribution in [0.2, 0.25) is 0 Å². The third kappa shape index (κ3) is 3.09. The lowest BCUT2D eigenvalue weighted by molar-refractivity contribution is -0.0105. The van der Waals surface area contributed by atoms with Gasteiger partial charge in [0.2, 0.25) is 0 Å². The molecule has 0 radical (unpaired) electrons. The van der Waals surface area contributed by atoms with Crippen LogP contribution in [0.15, 0.2) is 41.3 Å². The van der Waals surface area contributed by atoms with E-state index in [1.807, 2.05) is 0 Å². The molecule has 0 saturated carbocycles. The molecule has 0 spiro atoms. The minimum Gasteiger partial charge on any atom is -0.496 e. The van der Waals surface area contributed by atoms with Crippen LogP contribution in [-0.2, 0) is 14.4 Å². The van der Waals surface area contributed by atoms with Crippen molar-refractivity contribution in [2.75, 3.05) is 21.3 Å². The van der Waals surface area contributed by atoms with Crippen molar-refractivity contribution in [3.05, 3.63) is 47.5 Å². The van der Waals surface area contributed by atoms with Gasteiger partial charge in [-0.15, -0.1) is 9.35 Å². The van der Waals surface area contributed by atoms with Gasteiger partial charge in [-0.3, -0.25) is 9.59 Å². The SMILES string of the molecule is COc1cc(OC)c(S(=O)(=O)ON2C(=O)c3ccccc3C2=O)c(OC)c1. The predicted molar refractivity (Wildman–Crippen MR) is 91.3 cm³/mol. The Morgan fingerprint density at radius 1 is 0.815 bits per heavy atom. The number of amides is 2. The molecule has 0 bridgehead atoms. The number of ether oxygens (including phenoxy) is 3. The average molecular weight is 393 g/mol. The Labute approximate surface area is 155 Å². The number of benzene rings is 2. The highest BCUT2D eigenvalue weighted by atomic mass is 32.2. The number of rotatable bonds is 6. The number of methoxy groups -OCH3 is 3. The molecule has 1 aliphatic heterocycles. The summed E-state index contributed by atoms with van der Waals surface area (Å²) in [5.74, 6) is -1.76. The Morgan fingerprint density at radius 2 is 1.30 bits per heavy atom. The molecule has 2 aromatic rings. The molecule has 0 aliphatic carbocycles. The summed E-state index contributed by atoms with van der Waals surface area (Å²) < 4.78 is 45.7. The molecule has 0 aromatic heterocycles. The molecule has 1 aliphatic rings. The Hall–Kier alpha value is -3.11. The summed E-state index contributed by atoms with van der Waals surface area (Å²) in [5, 5.41) is 0.198. The van der Waals surface area contributed by atoms with Crippen LogP contribution >= 0.6 is 0 Å². The van der Waals surface area contributed by atoms with Crippen molar-refractivity contribution < 1.29 is 36.5 Å². The van der Waals surface area contributed by atoms with E-state index in [-0.39, 0.29) is 33.4 Å². The molecular formula is C17H15NO8S. The average Bonchev–Trinajstić information content (AvgIpc) is 2.91. The van der Waals surface area contributed by atoms with Crippen LogP contribution in [-0.4, -0.2) is 46.6 Å². The van der Waals surface area contributed by atoms with E-state index in [1.54, 1.807) is 12.1 Å². The molecule has 0 saturated heterocycles. The summed E-state index contributed by atoms with van der Waals surface area (Å²) in [6.07, 6.45) is 0. The fraction of sp³-hybridized carbons (Fsp3) is 0.176. The smallest absolute Gasteiger partial charge is 0.325 e. The summed E-state index contributed by atoms with van der Waals surface area (Å²) >= 11 is 0. The van der Waals surface area contributed by atoms with Gasteiger partial charge < -0.3 is 14.2 Å². The van der Waals surface area contributed by atoms with Crippen LogP contribution in [0.4, 0.5) is 0 Å². The first-order chi connectivity index (χ1) is 12.8. The monoisotopic (exact) mass is 393 g/mol. The first kappa shape index (κ1) is 18.7. The zero-order chi connectivity index (χ0) is 19.8. The van der Waals surface area contributed by atoms with Gasteiger partial charge in [0.25, 0.3) is 11.8 Å². The lowest BCUT2D eigenvalue weighted by atomic mass is 10.1. The summed E-state index contributed by atoms with van der Waals surface area (Å²) in [4.78, 5) is 24.2. The number of nitrogens with zero attached hydrogens (tertiary/aromatic N) is 1. The molecule has 0 fully saturated rings. The second kappa shape index (κ2) is 6.89. The third-order valence-electron chi connectivity index (χ3n) is 3.85. The van der Waals surface area contributed by atoms with Crippen molar-refractivity contribution in [2.24, 2.45) is 0 Å². The third-order valence-corrected chi connectivity index (χ3v) is 5.10. The first-order valence-electron chi connectivity index (χ1n) is 7.56. The van der Waals surface area contributed by atoms with Crippen LogP contribution in [0.1, 0.15) is 20.7 Å². The first-order valence-corrected chi connectivity index (χ1v) is 8.97. The molecule has 0 N–H and O–H groups in total.